The van der Waals surface area contributed by atoms with Crippen molar-refractivity contribution in [2.45, 2.75) is 38.7 Å². The highest BCUT2D eigenvalue weighted by atomic mass is 16.6. The molecule has 0 N–H and O–H groups in total. The molecule has 132 valence electrons. The van der Waals surface area contributed by atoms with E-state index in [0.717, 1.165) is 5.56 Å². The van der Waals surface area contributed by atoms with Gasteiger partial charge in [0.2, 0.25) is 0 Å². The molecule has 0 unspecified atom stereocenters. The predicted molar refractivity (Wildman–Crippen MR) is 89.7 cm³/mol. The largest absolute Gasteiger partial charge is 0.497 e. The number of benzene rings is 1. The van der Waals surface area contributed by atoms with Gasteiger partial charge in [-0.3, -0.25) is 4.79 Å². The summed E-state index contributed by atoms with van der Waals surface area (Å²) in [5, 5.41) is 0. The second-order valence-corrected chi connectivity index (χ2v) is 6.82. The monoisotopic (exact) mass is 335 g/mol. The standard InChI is InChI=1S/C18H25NO5/c1-18(2,3)24-17(21)19-9-8-13(15(20)11-19)14-10-12(22-4)6-7-16(14)23-5/h6-7,10,13H,8-9,11H2,1-5H3/t13-/m1/s1. The molecule has 0 saturated carbocycles. The summed E-state index contributed by atoms with van der Waals surface area (Å²) >= 11 is 0. The van der Waals surface area contributed by atoms with E-state index in [2.05, 4.69) is 0 Å². The minimum Gasteiger partial charge on any atom is -0.497 e. The fourth-order valence-electron chi connectivity index (χ4n) is 2.75. The van der Waals surface area contributed by atoms with Crippen LogP contribution in [0.1, 0.15) is 38.7 Å². The Morgan fingerprint density at radius 1 is 1.21 bits per heavy atom. The number of methoxy groups -OCH3 is 2. The van der Waals surface area contributed by atoms with Crippen LogP contribution >= 0.6 is 0 Å². The molecule has 1 fully saturated rings. The molecule has 6 nitrogen and oxygen atoms in total. The average Bonchev–Trinajstić information content (AvgIpc) is 2.52. The van der Waals surface area contributed by atoms with Crippen molar-refractivity contribution in [2.75, 3.05) is 27.3 Å². The maximum absolute atomic E-state index is 12.6. The van der Waals surface area contributed by atoms with Crippen molar-refractivity contribution < 1.29 is 23.8 Å². The van der Waals surface area contributed by atoms with Crippen LogP contribution in [-0.2, 0) is 9.53 Å². The molecule has 1 heterocycles. The van der Waals surface area contributed by atoms with Crippen LogP contribution in [0.3, 0.4) is 0 Å². The van der Waals surface area contributed by atoms with Crippen LogP contribution in [0.15, 0.2) is 18.2 Å². The zero-order chi connectivity index (χ0) is 17.9. The van der Waals surface area contributed by atoms with Gasteiger partial charge in [-0.15, -0.1) is 0 Å². The fourth-order valence-corrected chi connectivity index (χ4v) is 2.75. The van der Waals surface area contributed by atoms with Crippen molar-refractivity contribution in [3.05, 3.63) is 23.8 Å². The molecule has 1 aromatic carbocycles. The molecule has 6 heteroatoms. The lowest BCUT2D eigenvalue weighted by Crippen LogP contribution is -2.45. The summed E-state index contributed by atoms with van der Waals surface area (Å²) < 4.78 is 16.0. The zero-order valence-corrected chi connectivity index (χ0v) is 14.9. The molecule has 1 saturated heterocycles. The van der Waals surface area contributed by atoms with Gasteiger partial charge >= 0.3 is 6.09 Å². The lowest BCUT2D eigenvalue weighted by Gasteiger charge is -2.33. The Labute approximate surface area is 142 Å². The maximum Gasteiger partial charge on any atom is 0.410 e. The van der Waals surface area contributed by atoms with Crippen LogP contribution in [-0.4, -0.2) is 49.7 Å². The second-order valence-electron chi connectivity index (χ2n) is 6.82. The molecular formula is C18H25NO5. The van der Waals surface area contributed by atoms with Crippen LogP contribution in [0.4, 0.5) is 4.79 Å². The number of likely N-dealkylation sites (tertiary alicyclic amines) is 1. The number of Topliss-reactive ketones (excluding diaryl/α,β-unsaturated/α-hetero) is 1. The minimum absolute atomic E-state index is 0.0290. The van der Waals surface area contributed by atoms with Gasteiger partial charge in [-0.1, -0.05) is 0 Å². The Kier molecular flexibility index (Phi) is 5.36. The number of hydrogen-bond donors (Lipinski definition) is 0. The number of piperidine rings is 1. The van der Waals surface area contributed by atoms with Gasteiger partial charge in [0, 0.05) is 12.1 Å². The molecular weight excluding hydrogens is 310 g/mol. The van der Waals surface area contributed by atoms with Crippen LogP contribution < -0.4 is 9.47 Å². The summed E-state index contributed by atoms with van der Waals surface area (Å²) in [6.07, 6.45) is 0.0774. The van der Waals surface area contributed by atoms with Gasteiger partial charge in [-0.2, -0.15) is 0 Å². The first-order valence-electron chi connectivity index (χ1n) is 7.97. The molecule has 1 aromatic rings. The molecule has 1 aliphatic heterocycles. The van der Waals surface area contributed by atoms with E-state index in [1.165, 1.54) is 4.90 Å². The Bertz CT molecular complexity index is 620. The molecule has 0 radical (unpaired) electrons. The molecule has 2 rings (SSSR count). The van der Waals surface area contributed by atoms with Crippen LogP contribution in [0.25, 0.3) is 0 Å². The molecule has 0 aliphatic carbocycles. The Balaban J connectivity index is 2.14. The number of amides is 1. The van der Waals surface area contributed by atoms with Gasteiger partial charge in [0.1, 0.15) is 17.1 Å². The van der Waals surface area contributed by atoms with Gasteiger partial charge in [0.15, 0.2) is 5.78 Å². The quantitative estimate of drug-likeness (QED) is 0.849. The summed E-state index contributed by atoms with van der Waals surface area (Å²) in [6, 6.07) is 5.41. The highest BCUT2D eigenvalue weighted by Gasteiger charge is 2.34. The zero-order valence-electron chi connectivity index (χ0n) is 14.9. The van der Waals surface area contributed by atoms with Gasteiger partial charge in [0.05, 0.1) is 26.7 Å². The maximum atomic E-state index is 12.6. The average molecular weight is 335 g/mol. The van der Waals surface area contributed by atoms with Crippen molar-refractivity contribution in [3.8, 4) is 11.5 Å². The summed E-state index contributed by atoms with van der Waals surface area (Å²) in [4.78, 5) is 26.2. The first kappa shape index (κ1) is 18.1. The van der Waals surface area contributed by atoms with Crippen molar-refractivity contribution >= 4 is 11.9 Å². The molecule has 0 spiro atoms. The number of hydrogen-bond acceptors (Lipinski definition) is 5. The lowest BCUT2D eigenvalue weighted by molar-refractivity contribution is -0.123. The summed E-state index contributed by atoms with van der Waals surface area (Å²) in [7, 11) is 3.16. The van der Waals surface area contributed by atoms with Crippen molar-refractivity contribution in [3.63, 3.8) is 0 Å². The second kappa shape index (κ2) is 7.11. The fraction of sp³-hybridized carbons (Fsp3) is 0.556. The smallest absolute Gasteiger partial charge is 0.410 e. The van der Waals surface area contributed by atoms with E-state index in [1.807, 2.05) is 6.07 Å². The van der Waals surface area contributed by atoms with Crippen LogP contribution in [0.5, 0.6) is 11.5 Å². The summed E-state index contributed by atoms with van der Waals surface area (Å²) in [5.41, 5.74) is 0.221. The highest BCUT2D eigenvalue weighted by Crippen LogP contribution is 2.35. The number of ketones is 1. The third-order valence-electron chi connectivity index (χ3n) is 3.89. The van der Waals surface area contributed by atoms with Crippen LogP contribution in [0, 0.1) is 0 Å². The van der Waals surface area contributed by atoms with E-state index in [9.17, 15) is 9.59 Å². The van der Waals surface area contributed by atoms with Crippen molar-refractivity contribution in [1.29, 1.82) is 0 Å². The Morgan fingerprint density at radius 2 is 1.92 bits per heavy atom. The van der Waals surface area contributed by atoms with E-state index in [4.69, 9.17) is 14.2 Å². The van der Waals surface area contributed by atoms with Crippen molar-refractivity contribution in [1.82, 2.24) is 4.90 Å². The number of rotatable bonds is 3. The van der Waals surface area contributed by atoms with E-state index >= 15 is 0 Å². The van der Waals surface area contributed by atoms with Crippen LogP contribution in [0.2, 0.25) is 0 Å². The molecule has 0 bridgehead atoms. The number of carbonyl (C=O) groups is 2. The summed E-state index contributed by atoms with van der Waals surface area (Å²) in [5.74, 6) is 0.987. The molecule has 1 amide bonds. The molecule has 1 atom stereocenters. The third kappa shape index (κ3) is 4.19. The van der Waals surface area contributed by atoms with Gasteiger partial charge in [-0.05, 0) is 45.4 Å². The summed E-state index contributed by atoms with van der Waals surface area (Å²) in [6.45, 7) is 5.92. The van der Waals surface area contributed by atoms with E-state index < -0.39 is 11.7 Å². The third-order valence-corrected chi connectivity index (χ3v) is 3.89. The molecule has 0 aromatic heterocycles. The Hall–Kier alpha value is -2.24. The Morgan fingerprint density at radius 3 is 2.46 bits per heavy atom. The van der Waals surface area contributed by atoms with Gasteiger partial charge in [-0.25, -0.2) is 4.79 Å². The van der Waals surface area contributed by atoms with E-state index in [0.29, 0.717) is 24.5 Å². The van der Waals surface area contributed by atoms with E-state index in [-0.39, 0.29) is 18.2 Å². The highest BCUT2D eigenvalue weighted by molar-refractivity contribution is 5.91. The molecule has 1 aliphatic rings. The topological polar surface area (TPSA) is 65.1 Å². The van der Waals surface area contributed by atoms with Gasteiger partial charge < -0.3 is 19.1 Å². The minimum atomic E-state index is -0.576. The first-order valence-corrected chi connectivity index (χ1v) is 7.97. The SMILES string of the molecule is COc1ccc(OC)c([C@H]2CCN(C(=O)OC(C)(C)C)CC2=O)c1. The molecule has 24 heavy (non-hydrogen) atoms. The number of ether oxygens (including phenoxy) is 3. The predicted octanol–water partition coefficient (Wildman–Crippen LogP) is 3.00. The van der Waals surface area contributed by atoms with Gasteiger partial charge in [0.25, 0.3) is 0 Å². The number of carbonyl (C=O) groups excluding carboxylic acids is 2. The normalized spacial score (nSPS) is 18.3. The lowest BCUT2D eigenvalue weighted by atomic mass is 9.87. The van der Waals surface area contributed by atoms with E-state index in [1.54, 1.807) is 47.1 Å². The number of nitrogens with zero attached hydrogens (tertiary/aromatic N) is 1. The van der Waals surface area contributed by atoms with Crippen molar-refractivity contribution in [2.24, 2.45) is 0 Å². The first-order chi connectivity index (χ1) is 11.2.